The number of carbonyl (C=O) groups excluding carboxylic acids is 2. The number of alkyl halides is 3. The molecule has 1 aromatic carbocycles. The molecule has 170 valence electrons. The molecule has 2 aliphatic heterocycles. The van der Waals surface area contributed by atoms with E-state index in [9.17, 15) is 27.9 Å². The largest absolute Gasteiger partial charge is 0.416 e. The van der Waals surface area contributed by atoms with Crippen molar-refractivity contribution in [1.29, 1.82) is 0 Å². The Labute approximate surface area is 178 Å². The van der Waals surface area contributed by atoms with Crippen LogP contribution in [0.4, 0.5) is 23.7 Å². The number of carbonyl (C=O) groups is 2. The van der Waals surface area contributed by atoms with Crippen LogP contribution in [-0.2, 0) is 15.7 Å². The molecule has 3 atom stereocenters. The average molecular weight is 441 g/mol. The molecule has 3 amide bonds. The number of rotatable bonds is 5. The third kappa shape index (κ3) is 6.44. The van der Waals surface area contributed by atoms with E-state index in [1.54, 1.807) is 12.2 Å². The lowest BCUT2D eigenvalue weighted by Crippen LogP contribution is -2.50. The third-order valence-electron chi connectivity index (χ3n) is 5.32. The number of anilines is 1. The zero-order valence-electron chi connectivity index (χ0n) is 16.9. The summed E-state index contributed by atoms with van der Waals surface area (Å²) in [6.07, 6.45) is 0.909. The molecule has 2 heterocycles. The summed E-state index contributed by atoms with van der Waals surface area (Å²) in [7, 11) is 0. The Kier molecular flexibility index (Phi) is 7.55. The van der Waals surface area contributed by atoms with E-state index in [2.05, 4.69) is 10.6 Å². The van der Waals surface area contributed by atoms with Gasteiger partial charge < -0.3 is 25.4 Å². The SMILES string of the molecule is O=C(Nc1ccc(C(F)(F)F)cc1)N[C@H]1C=C[C@H](CC(=O)N2CCCCC2)O[C@@H]1CO. The van der Waals surface area contributed by atoms with Crippen LogP contribution in [0.25, 0.3) is 0 Å². The van der Waals surface area contributed by atoms with E-state index in [4.69, 9.17) is 4.74 Å². The molecule has 0 radical (unpaired) electrons. The number of likely N-dealkylation sites (tertiary alicyclic amines) is 1. The number of piperidine rings is 1. The van der Waals surface area contributed by atoms with E-state index < -0.39 is 36.0 Å². The van der Waals surface area contributed by atoms with E-state index in [1.165, 1.54) is 0 Å². The standard InChI is InChI=1S/C21H26F3N3O4/c22-21(23,24)14-4-6-15(7-5-14)25-20(30)26-17-9-8-16(31-18(17)13-28)12-19(29)27-10-2-1-3-11-27/h4-9,16-18,28H,1-3,10-13H2,(H2,25,26,30)/t16-,17+,18-/m1/s1. The summed E-state index contributed by atoms with van der Waals surface area (Å²) in [5.74, 6) is -0.00232. The lowest BCUT2D eigenvalue weighted by atomic mass is 10.0. The average Bonchev–Trinajstić information content (AvgIpc) is 2.75. The van der Waals surface area contributed by atoms with Gasteiger partial charge >= 0.3 is 12.2 Å². The smallest absolute Gasteiger partial charge is 0.394 e. The highest BCUT2D eigenvalue weighted by Gasteiger charge is 2.31. The molecule has 0 aromatic heterocycles. The first kappa shape index (κ1) is 23.1. The molecular formula is C21H26F3N3O4. The van der Waals surface area contributed by atoms with Crippen molar-refractivity contribution in [3.05, 3.63) is 42.0 Å². The molecule has 0 saturated carbocycles. The fourth-order valence-corrected chi connectivity index (χ4v) is 3.64. The molecule has 0 bridgehead atoms. The first-order valence-electron chi connectivity index (χ1n) is 10.2. The quantitative estimate of drug-likeness (QED) is 0.613. The second-order valence-electron chi connectivity index (χ2n) is 7.63. The second-order valence-corrected chi connectivity index (χ2v) is 7.63. The van der Waals surface area contributed by atoms with Gasteiger partial charge in [0.15, 0.2) is 0 Å². The van der Waals surface area contributed by atoms with E-state index in [0.717, 1.165) is 56.6 Å². The monoisotopic (exact) mass is 441 g/mol. The minimum Gasteiger partial charge on any atom is -0.394 e. The Morgan fingerprint density at radius 1 is 1.10 bits per heavy atom. The molecular weight excluding hydrogens is 415 g/mol. The van der Waals surface area contributed by atoms with Gasteiger partial charge in [-0.25, -0.2) is 4.79 Å². The van der Waals surface area contributed by atoms with Crippen molar-refractivity contribution in [2.24, 2.45) is 0 Å². The van der Waals surface area contributed by atoms with Crippen LogP contribution in [0.1, 0.15) is 31.2 Å². The molecule has 2 aliphatic rings. The first-order chi connectivity index (χ1) is 14.8. The zero-order valence-corrected chi connectivity index (χ0v) is 16.9. The number of urea groups is 1. The molecule has 0 unspecified atom stereocenters. The molecule has 3 N–H and O–H groups in total. The topological polar surface area (TPSA) is 90.9 Å². The lowest BCUT2D eigenvalue weighted by molar-refractivity contribution is -0.138. The number of ether oxygens (including phenoxy) is 1. The maximum atomic E-state index is 12.6. The van der Waals surface area contributed by atoms with Crippen molar-refractivity contribution in [1.82, 2.24) is 10.2 Å². The second kappa shape index (κ2) is 10.1. The Balaban J connectivity index is 1.53. The summed E-state index contributed by atoms with van der Waals surface area (Å²) in [5.41, 5.74) is -0.621. The van der Waals surface area contributed by atoms with Gasteiger partial charge in [-0.1, -0.05) is 12.2 Å². The summed E-state index contributed by atoms with van der Waals surface area (Å²) in [5, 5.41) is 14.7. The van der Waals surface area contributed by atoms with Gasteiger partial charge in [-0.05, 0) is 43.5 Å². The summed E-state index contributed by atoms with van der Waals surface area (Å²) in [6.45, 7) is 1.12. The number of halogens is 3. The third-order valence-corrected chi connectivity index (χ3v) is 5.32. The van der Waals surface area contributed by atoms with Gasteiger partial charge in [0.1, 0.15) is 6.10 Å². The minimum atomic E-state index is -4.45. The van der Waals surface area contributed by atoms with Crippen LogP contribution in [0.5, 0.6) is 0 Å². The predicted octanol–water partition coefficient (Wildman–Crippen LogP) is 2.91. The normalized spacial score (nSPS) is 24.0. The van der Waals surface area contributed by atoms with Gasteiger partial charge in [0.25, 0.3) is 0 Å². The van der Waals surface area contributed by atoms with Gasteiger partial charge in [-0.3, -0.25) is 4.79 Å². The summed E-state index contributed by atoms with van der Waals surface area (Å²) < 4.78 is 43.6. The van der Waals surface area contributed by atoms with Gasteiger partial charge in [-0.15, -0.1) is 0 Å². The maximum Gasteiger partial charge on any atom is 0.416 e. The van der Waals surface area contributed by atoms with Crippen LogP contribution in [0.3, 0.4) is 0 Å². The minimum absolute atomic E-state index is 0.00232. The maximum absolute atomic E-state index is 12.6. The van der Waals surface area contributed by atoms with Crippen molar-refractivity contribution in [3.63, 3.8) is 0 Å². The molecule has 0 aliphatic carbocycles. The number of nitrogens with one attached hydrogen (secondary N) is 2. The van der Waals surface area contributed by atoms with E-state index in [1.807, 2.05) is 4.90 Å². The Bertz CT molecular complexity index is 792. The fourth-order valence-electron chi connectivity index (χ4n) is 3.64. The molecule has 7 nitrogen and oxygen atoms in total. The van der Waals surface area contributed by atoms with E-state index >= 15 is 0 Å². The molecule has 1 fully saturated rings. The fraction of sp³-hybridized carbons (Fsp3) is 0.524. The van der Waals surface area contributed by atoms with Crippen LogP contribution < -0.4 is 10.6 Å². The highest BCUT2D eigenvalue weighted by atomic mass is 19.4. The number of aliphatic hydroxyl groups is 1. The van der Waals surface area contributed by atoms with Crippen molar-refractivity contribution < 1.29 is 32.6 Å². The van der Waals surface area contributed by atoms with Crippen LogP contribution in [0.15, 0.2) is 36.4 Å². The van der Waals surface area contributed by atoms with Gasteiger partial charge in [-0.2, -0.15) is 13.2 Å². The van der Waals surface area contributed by atoms with Crippen molar-refractivity contribution in [2.75, 3.05) is 25.0 Å². The van der Waals surface area contributed by atoms with Gasteiger partial charge in [0.05, 0.1) is 30.7 Å². The molecule has 1 aromatic rings. The van der Waals surface area contributed by atoms with Crippen LogP contribution in [0.2, 0.25) is 0 Å². The number of aliphatic hydroxyl groups excluding tert-OH is 1. The lowest BCUT2D eigenvalue weighted by Gasteiger charge is -2.33. The Hall–Kier alpha value is -2.59. The number of hydrogen-bond acceptors (Lipinski definition) is 4. The van der Waals surface area contributed by atoms with Crippen LogP contribution in [0, 0.1) is 0 Å². The van der Waals surface area contributed by atoms with Gasteiger partial charge in [0.2, 0.25) is 5.91 Å². The summed E-state index contributed by atoms with van der Waals surface area (Å²) in [6, 6.07) is 2.75. The predicted molar refractivity (Wildman–Crippen MR) is 107 cm³/mol. The van der Waals surface area contributed by atoms with Crippen molar-refractivity contribution in [3.8, 4) is 0 Å². The van der Waals surface area contributed by atoms with Crippen molar-refractivity contribution in [2.45, 2.75) is 50.1 Å². The van der Waals surface area contributed by atoms with Crippen molar-refractivity contribution >= 4 is 17.6 Å². The Morgan fingerprint density at radius 3 is 2.39 bits per heavy atom. The first-order valence-corrected chi connectivity index (χ1v) is 10.2. The van der Waals surface area contributed by atoms with Gasteiger partial charge in [0, 0.05) is 18.8 Å². The summed E-state index contributed by atoms with van der Waals surface area (Å²) in [4.78, 5) is 26.4. The van der Waals surface area contributed by atoms with Crippen LogP contribution >= 0.6 is 0 Å². The highest BCUT2D eigenvalue weighted by Crippen LogP contribution is 2.29. The molecule has 10 heteroatoms. The molecule has 1 saturated heterocycles. The number of hydrogen-bond donors (Lipinski definition) is 3. The highest BCUT2D eigenvalue weighted by molar-refractivity contribution is 5.89. The molecule has 3 rings (SSSR count). The summed E-state index contributed by atoms with van der Waals surface area (Å²) >= 11 is 0. The Morgan fingerprint density at radius 2 is 1.77 bits per heavy atom. The molecule has 31 heavy (non-hydrogen) atoms. The molecule has 0 spiro atoms. The number of benzene rings is 1. The van der Waals surface area contributed by atoms with E-state index in [0.29, 0.717) is 0 Å². The number of nitrogens with zero attached hydrogens (tertiary/aromatic N) is 1. The van der Waals surface area contributed by atoms with Crippen LogP contribution in [-0.4, -0.2) is 59.9 Å². The zero-order chi connectivity index (χ0) is 22.4. The number of amides is 3. The van der Waals surface area contributed by atoms with E-state index in [-0.39, 0.29) is 24.6 Å².